The van der Waals surface area contributed by atoms with Crippen molar-refractivity contribution in [3.05, 3.63) is 60.1 Å². The van der Waals surface area contributed by atoms with Gasteiger partial charge in [-0.25, -0.2) is 9.48 Å². The van der Waals surface area contributed by atoms with E-state index >= 15 is 0 Å². The summed E-state index contributed by atoms with van der Waals surface area (Å²) >= 11 is 1.16. The highest BCUT2D eigenvalue weighted by atomic mass is 32.2. The highest BCUT2D eigenvalue weighted by molar-refractivity contribution is 8.00. The Hall–Kier alpha value is -3.14. The first kappa shape index (κ1) is 18.6. The number of aromatic nitrogens is 4. The van der Waals surface area contributed by atoms with Gasteiger partial charge >= 0.3 is 6.03 Å². The molecule has 27 heavy (non-hydrogen) atoms. The smallest absolute Gasteiger partial charge is 0.321 e. The van der Waals surface area contributed by atoms with E-state index in [0.29, 0.717) is 24.0 Å². The van der Waals surface area contributed by atoms with Crippen molar-refractivity contribution in [2.24, 2.45) is 0 Å². The van der Waals surface area contributed by atoms with Gasteiger partial charge in [0.2, 0.25) is 11.1 Å². The number of carbonyl (C=O) groups excluding carboxylic acids is 2. The predicted molar refractivity (Wildman–Crippen MR) is 97.9 cm³/mol. The van der Waals surface area contributed by atoms with Gasteiger partial charge in [-0.15, -0.1) is 5.10 Å². The van der Waals surface area contributed by atoms with E-state index in [1.165, 1.54) is 0 Å². The number of urea groups is 1. The van der Waals surface area contributed by atoms with Crippen molar-refractivity contribution in [1.29, 1.82) is 0 Å². The summed E-state index contributed by atoms with van der Waals surface area (Å²) in [6.45, 7) is 2.53. The SMILES string of the molecule is CCNC(=O)NC(=O)C(Sc1nnnn1Cc1ccco1)c1ccccc1. The van der Waals surface area contributed by atoms with Crippen molar-refractivity contribution in [3.8, 4) is 0 Å². The molecular weight excluding hydrogens is 368 g/mol. The summed E-state index contributed by atoms with van der Waals surface area (Å²) in [5, 5.41) is 16.3. The zero-order valence-electron chi connectivity index (χ0n) is 14.5. The van der Waals surface area contributed by atoms with Crippen LogP contribution in [0.25, 0.3) is 0 Å². The fraction of sp³-hybridized carbons (Fsp3) is 0.235. The van der Waals surface area contributed by atoms with Gasteiger partial charge in [-0.2, -0.15) is 0 Å². The highest BCUT2D eigenvalue weighted by Gasteiger charge is 2.26. The van der Waals surface area contributed by atoms with Crippen molar-refractivity contribution in [2.45, 2.75) is 23.9 Å². The lowest BCUT2D eigenvalue weighted by atomic mass is 10.1. The number of imide groups is 1. The molecule has 9 nitrogen and oxygen atoms in total. The standard InChI is InChI=1S/C17H18N6O3S/c1-2-18-16(25)19-15(24)14(12-7-4-3-5-8-12)27-17-20-21-22-23(17)11-13-9-6-10-26-13/h3-10,14H,2,11H2,1H3,(H2,18,19,24,25). The lowest BCUT2D eigenvalue weighted by Crippen LogP contribution is -2.41. The van der Waals surface area contributed by atoms with Crippen LogP contribution in [0.15, 0.2) is 58.3 Å². The summed E-state index contributed by atoms with van der Waals surface area (Å²) in [6.07, 6.45) is 1.57. The molecule has 2 N–H and O–H groups in total. The number of hydrogen-bond donors (Lipinski definition) is 2. The Morgan fingerprint density at radius 2 is 2.04 bits per heavy atom. The molecule has 3 amide bonds. The van der Waals surface area contributed by atoms with E-state index in [4.69, 9.17) is 4.42 Å². The van der Waals surface area contributed by atoms with Crippen LogP contribution in [-0.4, -0.2) is 38.7 Å². The molecule has 1 atom stereocenters. The summed E-state index contributed by atoms with van der Waals surface area (Å²) in [4.78, 5) is 24.5. The number of nitrogens with one attached hydrogen (secondary N) is 2. The monoisotopic (exact) mass is 386 g/mol. The molecule has 0 bridgehead atoms. The molecule has 3 aromatic rings. The molecule has 2 aromatic heterocycles. The number of benzene rings is 1. The molecular formula is C17H18N6O3S. The van der Waals surface area contributed by atoms with Crippen LogP contribution >= 0.6 is 11.8 Å². The normalized spacial score (nSPS) is 11.7. The first-order valence-corrected chi connectivity index (χ1v) is 9.14. The first-order valence-electron chi connectivity index (χ1n) is 8.26. The van der Waals surface area contributed by atoms with Gasteiger partial charge in [0, 0.05) is 6.54 Å². The molecule has 0 aliphatic carbocycles. The van der Waals surface area contributed by atoms with Crippen molar-refractivity contribution in [1.82, 2.24) is 30.8 Å². The molecule has 3 rings (SSSR count). The predicted octanol–water partition coefficient (Wildman–Crippen LogP) is 1.99. The minimum Gasteiger partial charge on any atom is -0.467 e. The Morgan fingerprint density at radius 1 is 1.22 bits per heavy atom. The van der Waals surface area contributed by atoms with Gasteiger partial charge < -0.3 is 9.73 Å². The Balaban J connectivity index is 1.81. The van der Waals surface area contributed by atoms with E-state index in [9.17, 15) is 9.59 Å². The number of furan rings is 1. The van der Waals surface area contributed by atoms with Crippen LogP contribution in [-0.2, 0) is 11.3 Å². The third kappa shape index (κ3) is 4.94. The summed E-state index contributed by atoms with van der Waals surface area (Å²) in [5.41, 5.74) is 0.733. The Kier molecular flexibility index (Phi) is 6.21. The van der Waals surface area contributed by atoms with E-state index in [1.54, 1.807) is 23.9 Å². The molecule has 2 heterocycles. The molecule has 0 fully saturated rings. The van der Waals surface area contributed by atoms with Gasteiger partial charge in [0.25, 0.3) is 0 Å². The van der Waals surface area contributed by atoms with Gasteiger partial charge in [-0.05, 0) is 35.0 Å². The van der Waals surface area contributed by atoms with Gasteiger partial charge in [0.05, 0.1) is 6.26 Å². The second-order valence-electron chi connectivity index (χ2n) is 5.46. The number of thioether (sulfide) groups is 1. The first-order chi connectivity index (χ1) is 13.2. The van der Waals surface area contributed by atoms with E-state index in [1.807, 2.05) is 36.4 Å². The van der Waals surface area contributed by atoms with Crippen LogP contribution in [0.5, 0.6) is 0 Å². The van der Waals surface area contributed by atoms with Crippen molar-refractivity contribution < 1.29 is 14.0 Å². The lowest BCUT2D eigenvalue weighted by molar-refractivity contribution is -0.119. The molecule has 0 spiro atoms. The van der Waals surface area contributed by atoms with Gasteiger partial charge in [-0.1, -0.05) is 42.1 Å². The minimum atomic E-state index is -0.699. The zero-order chi connectivity index (χ0) is 19.1. The van der Waals surface area contributed by atoms with Crippen LogP contribution in [0.3, 0.4) is 0 Å². The van der Waals surface area contributed by atoms with Crippen molar-refractivity contribution in [3.63, 3.8) is 0 Å². The molecule has 0 saturated carbocycles. The fourth-order valence-electron chi connectivity index (χ4n) is 2.32. The molecule has 0 aliphatic heterocycles. The largest absolute Gasteiger partial charge is 0.467 e. The van der Waals surface area contributed by atoms with Crippen LogP contribution in [0.4, 0.5) is 4.79 Å². The second-order valence-corrected chi connectivity index (χ2v) is 6.53. The summed E-state index contributed by atoms with van der Waals surface area (Å²) in [7, 11) is 0. The third-order valence-corrected chi connectivity index (χ3v) is 4.75. The quantitative estimate of drug-likeness (QED) is 0.597. The average molecular weight is 386 g/mol. The van der Waals surface area contributed by atoms with Crippen LogP contribution in [0.1, 0.15) is 23.5 Å². The van der Waals surface area contributed by atoms with Crippen LogP contribution in [0.2, 0.25) is 0 Å². The number of nitrogens with zero attached hydrogens (tertiary/aromatic N) is 4. The van der Waals surface area contributed by atoms with E-state index in [-0.39, 0.29) is 0 Å². The average Bonchev–Trinajstić information content (AvgIpc) is 3.33. The molecule has 1 aromatic carbocycles. The van der Waals surface area contributed by atoms with Crippen molar-refractivity contribution >= 4 is 23.7 Å². The molecule has 0 radical (unpaired) electrons. The number of amides is 3. The van der Waals surface area contributed by atoms with E-state index in [0.717, 1.165) is 17.3 Å². The van der Waals surface area contributed by atoms with E-state index < -0.39 is 17.2 Å². The topological polar surface area (TPSA) is 115 Å². The molecule has 0 saturated heterocycles. The van der Waals surface area contributed by atoms with Crippen molar-refractivity contribution in [2.75, 3.05) is 6.54 Å². The summed E-state index contributed by atoms with van der Waals surface area (Å²) < 4.78 is 6.86. The summed E-state index contributed by atoms with van der Waals surface area (Å²) in [6, 6.07) is 12.2. The molecule has 140 valence electrons. The molecule has 1 unspecified atom stereocenters. The number of hydrogen-bond acceptors (Lipinski definition) is 7. The highest BCUT2D eigenvalue weighted by Crippen LogP contribution is 2.34. The van der Waals surface area contributed by atoms with Crippen LogP contribution < -0.4 is 10.6 Å². The maximum absolute atomic E-state index is 12.7. The Morgan fingerprint density at radius 3 is 2.74 bits per heavy atom. The zero-order valence-corrected chi connectivity index (χ0v) is 15.3. The Bertz CT molecular complexity index is 881. The van der Waals surface area contributed by atoms with Gasteiger partial charge in [0.15, 0.2) is 0 Å². The van der Waals surface area contributed by atoms with E-state index in [2.05, 4.69) is 26.2 Å². The lowest BCUT2D eigenvalue weighted by Gasteiger charge is -2.16. The molecule has 0 aliphatic rings. The maximum atomic E-state index is 12.7. The summed E-state index contributed by atoms with van der Waals surface area (Å²) in [5.74, 6) is 0.233. The fourth-order valence-corrected chi connectivity index (χ4v) is 3.30. The maximum Gasteiger partial charge on any atom is 0.321 e. The number of tetrazole rings is 1. The number of carbonyl (C=O) groups is 2. The van der Waals surface area contributed by atoms with Gasteiger partial charge in [-0.3, -0.25) is 10.1 Å². The Labute approximate surface area is 159 Å². The molecule has 10 heteroatoms. The van der Waals surface area contributed by atoms with Crippen LogP contribution in [0, 0.1) is 0 Å². The number of rotatable bonds is 7. The minimum absolute atomic E-state index is 0.335. The van der Waals surface area contributed by atoms with Gasteiger partial charge in [0.1, 0.15) is 17.6 Å². The third-order valence-electron chi connectivity index (χ3n) is 3.52. The second kappa shape index (κ2) is 8.99.